The van der Waals surface area contributed by atoms with Crippen LogP contribution in [-0.2, 0) is 11.2 Å². The summed E-state index contributed by atoms with van der Waals surface area (Å²) in [5.41, 5.74) is 4.58. The molecule has 1 fully saturated rings. The van der Waals surface area contributed by atoms with Crippen molar-refractivity contribution in [3.8, 4) is 6.01 Å². The molecule has 3 rings (SSSR count). The average Bonchev–Trinajstić information content (AvgIpc) is 3.63. The second-order valence-electron chi connectivity index (χ2n) is 9.21. The Labute approximate surface area is 212 Å². The van der Waals surface area contributed by atoms with Gasteiger partial charge in [0.1, 0.15) is 0 Å². The molecule has 2 amide bonds. The first-order valence-corrected chi connectivity index (χ1v) is 11.7. The number of primary amides is 1. The average molecular weight is 528 g/mol. The van der Waals surface area contributed by atoms with E-state index in [0.29, 0.717) is 11.4 Å². The maximum absolute atomic E-state index is 14.0. The van der Waals surface area contributed by atoms with Gasteiger partial charge in [0.25, 0.3) is 0 Å². The minimum absolute atomic E-state index is 0.0372. The van der Waals surface area contributed by atoms with Gasteiger partial charge in [0.2, 0.25) is 11.8 Å². The van der Waals surface area contributed by atoms with E-state index in [0.717, 1.165) is 5.56 Å². The Morgan fingerprint density at radius 3 is 2.36 bits per heavy atom. The fraction of sp³-hybridized carbons (Fsp3) is 0.500. The van der Waals surface area contributed by atoms with E-state index in [1.54, 1.807) is 12.1 Å². The zero-order chi connectivity index (χ0) is 26.7. The zero-order valence-electron chi connectivity index (χ0n) is 20.2. The number of likely N-dealkylation sites (N-methyl/N-ethyl adjacent to an activating group) is 1. The Hall–Kier alpha value is -2.92. The number of halogens is 4. The number of nitrogens with zero attached hydrogens (tertiary/aromatic N) is 3. The van der Waals surface area contributed by atoms with Crippen LogP contribution in [0.4, 0.5) is 13.2 Å². The van der Waals surface area contributed by atoms with E-state index in [4.69, 9.17) is 22.1 Å². The third kappa shape index (κ3) is 6.25. The van der Waals surface area contributed by atoms with E-state index < -0.39 is 29.3 Å². The highest BCUT2D eigenvalue weighted by Gasteiger charge is 2.67. The highest BCUT2D eigenvalue weighted by molar-refractivity contribution is 6.31. The van der Waals surface area contributed by atoms with Gasteiger partial charge in [0.05, 0.1) is 12.5 Å². The van der Waals surface area contributed by atoms with Gasteiger partial charge in [-0.25, -0.2) is 9.97 Å². The number of ether oxygens (including phenoxy) is 1. The standard InChI is InChI=1S/C24H29ClF3N5O3/c1-33(2)17(8-14-4-5-15(21(29)35)9-19(14)25)13-30-20(34)10-18(23(6-7-23)24(26,27)28)16-11-31-22(36-3)32-12-16/h4-5,9,11-12,17-18H,6-8,10,13H2,1-3H3,(H2,29,35)(H,30,34). The van der Waals surface area contributed by atoms with E-state index in [9.17, 15) is 22.8 Å². The molecule has 1 aromatic heterocycles. The quantitative estimate of drug-likeness (QED) is 0.464. The Morgan fingerprint density at radius 2 is 1.89 bits per heavy atom. The predicted octanol–water partition coefficient (Wildman–Crippen LogP) is 3.34. The molecule has 0 saturated heterocycles. The number of hydrogen-bond acceptors (Lipinski definition) is 6. The molecule has 12 heteroatoms. The van der Waals surface area contributed by atoms with Crippen molar-refractivity contribution in [1.29, 1.82) is 0 Å². The first-order valence-electron chi connectivity index (χ1n) is 11.3. The van der Waals surface area contributed by atoms with Gasteiger partial charge < -0.3 is 20.7 Å². The summed E-state index contributed by atoms with van der Waals surface area (Å²) in [5.74, 6) is -2.21. The predicted molar refractivity (Wildman–Crippen MR) is 128 cm³/mol. The van der Waals surface area contributed by atoms with Crippen molar-refractivity contribution in [2.45, 2.75) is 43.8 Å². The maximum Gasteiger partial charge on any atom is 0.395 e. The Morgan fingerprint density at radius 1 is 1.25 bits per heavy atom. The summed E-state index contributed by atoms with van der Waals surface area (Å²) in [6, 6.07) is 4.59. The monoisotopic (exact) mass is 527 g/mol. The maximum atomic E-state index is 14.0. The molecular weight excluding hydrogens is 499 g/mol. The molecule has 0 bridgehead atoms. The lowest BCUT2D eigenvalue weighted by molar-refractivity contribution is -0.194. The highest BCUT2D eigenvalue weighted by Crippen LogP contribution is 2.66. The topological polar surface area (TPSA) is 110 Å². The molecule has 36 heavy (non-hydrogen) atoms. The SMILES string of the molecule is COc1ncc(C(CC(=O)NCC(Cc2ccc(C(N)=O)cc2Cl)N(C)C)C2(C(F)(F)F)CC2)cn1. The second-order valence-corrected chi connectivity index (χ2v) is 9.62. The first kappa shape index (κ1) is 27.7. The number of carbonyl (C=O) groups is 2. The van der Waals surface area contributed by atoms with Crippen molar-refractivity contribution in [2.24, 2.45) is 11.1 Å². The molecule has 0 radical (unpaired) electrons. The minimum atomic E-state index is -4.46. The van der Waals surface area contributed by atoms with Crippen LogP contribution >= 0.6 is 11.6 Å². The van der Waals surface area contributed by atoms with E-state index in [2.05, 4.69) is 15.3 Å². The fourth-order valence-electron chi connectivity index (χ4n) is 4.25. The van der Waals surface area contributed by atoms with Crippen molar-refractivity contribution >= 4 is 23.4 Å². The van der Waals surface area contributed by atoms with Crippen LogP contribution in [0.1, 0.15) is 46.7 Å². The number of aromatic nitrogens is 2. The highest BCUT2D eigenvalue weighted by atomic mass is 35.5. The molecule has 8 nitrogen and oxygen atoms in total. The van der Waals surface area contributed by atoms with Crippen molar-refractivity contribution in [3.05, 3.63) is 52.3 Å². The number of amides is 2. The Kier molecular flexibility index (Phi) is 8.45. The number of nitrogens with two attached hydrogens (primary N) is 1. The van der Waals surface area contributed by atoms with Gasteiger partial charge in [0.15, 0.2) is 0 Å². The van der Waals surface area contributed by atoms with Crippen LogP contribution in [0.3, 0.4) is 0 Å². The summed E-state index contributed by atoms with van der Waals surface area (Å²) in [6.07, 6.45) is -1.91. The zero-order valence-corrected chi connectivity index (χ0v) is 21.0. The second kappa shape index (κ2) is 11.0. The van der Waals surface area contributed by atoms with Gasteiger partial charge in [-0.05, 0) is 56.6 Å². The molecule has 1 heterocycles. The van der Waals surface area contributed by atoms with E-state index in [1.807, 2.05) is 19.0 Å². The number of carbonyl (C=O) groups excluding carboxylic acids is 2. The summed E-state index contributed by atoms with van der Waals surface area (Å²) in [5, 5.41) is 3.14. The largest absolute Gasteiger partial charge is 0.467 e. The number of methoxy groups -OCH3 is 1. The summed E-state index contributed by atoms with van der Waals surface area (Å²) in [4.78, 5) is 34.0. The molecule has 3 N–H and O–H groups in total. The van der Waals surface area contributed by atoms with Crippen LogP contribution in [0, 0.1) is 5.41 Å². The van der Waals surface area contributed by atoms with E-state index in [-0.39, 0.29) is 49.0 Å². The van der Waals surface area contributed by atoms with Crippen LogP contribution in [0.2, 0.25) is 5.02 Å². The van der Waals surface area contributed by atoms with Crippen molar-refractivity contribution in [1.82, 2.24) is 20.2 Å². The van der Waals surface area contributed by atoms with Crippen LogP contribution in [-0.4, -0.2) is 66.7 Å². The van der Waals surface area contributed by atoms with Crippen LogP contribution in [0.5, 0.6) is 6.01 Å². The molecule has 2 unspecified atom stereocenters. The first-order chi connectivity index (χ1) is 16.9. The lowest BCUT2D eigenvalue weighted by Gasteiger charge is -2.29. The molecule has 0 spiro atoms. The molecule has 1 aromatic carbocycles. The fourth-order valence-corrected chi connectivity index (χ4v) is 4.51. The van der Waals surface area contributed by atoms with E-state index in [1.165, 1.54) is 25.6 Å². The van der Waals surface area contributed by atoms with Gasteiger partial charge in [-0.1, -0.05) is 17.7 Å². The van der Waals surface area contributed by atoms with Crippen molar-refractivity contribution in [3.63, 3.8) is 0 Å². The Bertz CT molecular complexity index is 1090. The molecule has 1 saturated carbocycles. The van der Waals surface area contributed by atoms with E-state index >= 15 is 0 Å². The Balaban J connectivity index is 1.71. The summed E-state index contributed by atoms with van der Waals surface area (Å²) >= 11 is 6.30. The van der Waals surface area contributed by atoms with Crippen LogP contribution < -0.4 is 15.8 Å². The number of rotatable bonds is 11. The smallest absolute Gasteiger partial charge is 0.395 e. The third-order valence-corrected chi connectivity index (χ3v) is 7.05. The number of nitrogens with one attached hydrogen (secondary N) is 1. The minimum Gasteiger partial charge on any atom is -0.467 e. The van der Waals surface area contributed by atoms with Crippen LogP contribution in [0.15, 0.2) is 30.6 Å². The number of hydrogen-bond donors (Lipinski definition) is 2. The number of alkyl halides is 3. The lowest BCUT2D eigenvalue weighted by atomic mass is 9.81. The van der Waals surface area contributed by atoms with Crippen LogP contribution in [0.25, 0.3) is 0 Å². The molecule has 2 atom stereocenters. The summed E-state index contributed by atoms with van der Waals surface area (Å²) in [6.45, 7) is 0.185. The number of benzene rings is 1. The van der Waals surface area contributed by atoms with Gasteiger partial charge in [0, 0.05) is 47.9 Å². The molecular formula is C24H29ClF3N5O3. The van der Waals surface area contributed by atoms with Gasteiger partial charge in [-0.15, -0.1) is 0 Å². The molecule has 196 valence electrons. The summed E-state index contributed by atoms with van der Waals surface area (Å²) < 4.78 is 46.8. The molecule has 1 aliphatic carbocycles. The molecule has 2 aromatic rings. The normalized spacial score (nSPS) is 16.3. The lowest BCUT2D eigenvalue weighted by Crippen LogP contribution is -2.42. The third-order valence-electron chi connectivity index (χ3n) is 6.70. The summed E-state index contributed by atoms with van der Waals surface area (Å²) in [7, 11) is 5.00. The van der Waals surface area contributed by atoms with Gasteiger partial charge >= 0.3 is 12.2 Å². The molecule has 1 aliphatic rings. The van der Waals surface area contributed by atoms with Gasteiger partial charge in [-0.3, -0.25) is 9.59 Å². The van der Waals surface area contributed by atoms with Gasteiger partial charge in [-0.2, -0.15) is 13.2 Å². The van der Waals surface area contributed by atoms with Crippen molar-refractivity contribution in [2.75, 3.05) is 27.7 Å². The molecule has 0 aliphatic heterocycles. The van der Waals surface area contributed by atoms with Crippen molar-refractivity contribution < 1.29 is 27.5 Å².